The predicted octanol–water partition coefficient (Wildman–Crippen LogP) is 3.35. The Hall–Kier alpha value is -2.18. The van der Waals surface area contributed by atoms with Gasteiger partial charge in [0.15, 0.2) is 15.6 Å². The molecule has 0 aliphatic carbocycles. The summed E-state index contributed by atoms with van der Waals surface area (Å²) < 4.78 is 24.3. The van der Waals surface area contributed by atoms with Crippen molar-refractivity contribution in [2.24, 2.45) is 0 Å². The lowest BCUT2D eigenvalue weighted by Gasteiger charge is -2.07. The number of Topliss-reactive ketones (excluding diaryl/α,β-unsaturated/α-hetero) is 1. The fourth-order valence-corrected chi connectivity index (χ4v) is 3.37. The van der Waals surface area contributed by atoms with Gasteiger partial charge < -0.3 is 5.32 Å². The van der Waals surface area contributed by atoms with Gasteiger partial charge >= 0.3 is 0 Å². The Labute approximate surface area is 145 Å². The summed E-state index contributed by atoms with van der Waals surface area (Å²) in [7, 11) is -3.55. The van der Waals surface area contributed by atoms with E-state index < -0.39 is 15.7 Å². The third-order valence-electron chi connectivity index (χ3n) is 3.35. The van der Waals surface area contributed by atoms with Crippen LogP contribution in [0.5, 0.6) is 0 Å². The normalized spacial score (nSPS) is 11.1. The second-order valence-corrected chi connectivity index (χ2v) is 7.75. The molecule has 5 nitrogen and oxygen atoms in total. The molecule has 0 aromatic heterocycles. The molecular formula is C17H16ClNO4S. The van der Waals surface area contributed by atoms with Gasteiger partial charge in [-0.1, -0.05) is 11.6 Å². The maximum absolute atomic E-state index is 12.2. The lowest BCUT2D eigenvalue weighted by Crippen LogP contribution is -2.17. The van der Waals surface area contributed by atoms with E-state index in [4.69, 9.17) is 11.6 Å². The molecule has 126 valence electrons. The summed E-state index contributed by atoms with van der Waals surface area (Å²) in [6, 6.07) is 12.2. The summed E-state index contributed by atoms with van der Waals surface area (Å²) in [6.07, 6.45) is -0.167. The van der Waals surface area contributed by atoms with Crippen LogP contribution in [0.25, 0.3) is 0 Å². The number of benzene rings is 2. The van der Waals surface area contributed by atoms with E-state index in [9.17, 15) is 18.0 Å². The number of ketones is 1. The van der Waals surface area contributed by atoms with Gasteiger partial charge in [0.1, 0.15) is 0 Å². The zero-order valence-corrected chi connectivity index (χ0v) is 14.5. The van der Waals surface area contributed by atoms with E-state index in [1.54, 1.807) is 24.3 Å². The van der Waals surface area contributed by atoms with E-state index in [-0.39, 0.29) is 22.9 Å². The number of anilines is 1. The maximum atomic E-state index is 12.2. The number of carbonyl (C=O) groups is 2. The Balaban J connectivity index is 1.95. The number of halogens is 1. The number of hydrogen-bond acceptors (Lipinski definition) is 4. The zero-order chi connectivity index (χ0) is 17.7. The third kappa shape index (κ3) is 4.91. The highest BCUT2D eigenvalue weighted by Crippen LogP contribution is 2.16. The Morgan fingerprint density at radius 1 is 1.00 bits per heavy atom. The summed E-state index contributed by atoms with van der Waals surface area (Å²) in [5.41, 5.74) is 1.05. The fourth-order valence-electron chi connectivity index (χ4n) is 2.00. The van der Waals surface area contributed by atoms with Crippen LogP contribution in [0, 0.1) is 0 Å². The van der Waals surface area contributed by atoms with Gasteiger partial charge in [-0.25, -0.2) is 8.42 Å². The molecule has 0 atom stereocenters. The monoisotopic (exact) mass is 365 g/mol. The minimum atomic E-state index is -3.55. The Bertz CT molecular complexity index is 843. The van der Waals surface area contributed by atoms with Crippen molar-refractivity contribution in [1.29, 1.82) is 0 Å². The maximum Gasteiger partial charge on any atom is 0.225 e. The smallest absolute Gasteiger partial charge is 0.225 e. The lowest BCUT2D eigenvalue weighted by atomic mass is 10.1. The minimum absolute atomic E-state index is 0.0677. The van der Waals surface area contributed by atoms with E-state index in [0.29, 0.717) is 16.3 Å². The van der Waals surface area contributed by atoms with Crippen LogP contribution in [-0.2, 0) is 14.6 Å². The number of nitrogens with one attached hydrogen (secondary N) is 1. The minimum Gasteiger partial charge on any atom is -0.326 e. The van der Waals surface area contributed by atoms with Crippen molar-refractivity contribution in [2.75, 3.05) is 11.1 Å². The number of hydrogen-bond donors (Lipinski definition) is 1. The van der Waals surface area contributed by atoms with Crippen molar-refractivity contribution >= 4 is 38.8 Å². The van der Waals surface area contributed by atoms with Crippen LogP contribution in [-0.4, -0.2) is 25.9 Å². The molecule has 0 saturated heterocycles. The molecule has 0 fully saturated rings. The molecule has 2 aromatic rings. The summed E-state index contributed by atoms with van der Waals surface area (Å²) in [5, 5.41) is 3.05. The van der Waals surface area contributed by atoms with Crippen molar-refractivity contribution in [3.05, 3.63) is 59.1 Å². The van der Waals surface area contributed by atoms with Crippen LogP contribution in [0.15, 0.2) is 53.4 Å². The SMILES string of the molecule is CC(=O)c1ccc(NC(=O)CCS(=O)(=O)c2ccc(Cl)cc2)cc1. The van der Waals surface area contributed by atoms with Gasteiger partial charge in [-0.3, -0.25) is 9.59 Å². The van der Waals surface area contributed by atoms with Crippen molar-refractivity contribution in [3.63, 3.8) is 0 Å². The van der Waals surface area contributed by atoms with E-state index in [1.165, 1.54) is 31.2 Å². The molecule has 0 bridgehead atoms. The third-order valence-corrected chi connectivity index (χ3v) is 5.33. The van der Waals surface area contributed by atoms with Gasteiger partial charge in [0, 0.05) is 22.7 Å². The molecule has 1 amide bonds. The first-order valence-electron chi connectivity index (χ1n) is 7.17. The lowest BCUT2D eigenvalue weighted by molar-refractivity contribution is -0.115. The number of carbonyl (C=O) groups excluding carboxylic acids is 2. The molecule has 2 rings (SSSR count). The van der Waals surface area contributed by atoms with Crippen LogP contribution in [0.1, 0.15) is 23.7 Å². The van der Waals surface area contributed by atoms with Crippen LogP contribution in [0.4, 0.5) is 5.69 Å². The molecule has 24 heavy (non-hydrogen) atoms. The second kappa shape index (κ2) is 7.59. The second-order valence-electron chi connectivity index (χ2n) is 5.20. The fraction of sp³-hybridized carbons (Fsp3) is 0.176. The molecule has 0 saturated carbocycles. The topological polar surface area (TPSA) is 80.3 Å². The van der Waals surface area contributed by atoms with Crippen molar-refractivity contribution in [1.82, 2.24) is 0 Å². The van der Waals surface area contributed by atoms with Gasteiger partial charge in [-0.05, 0) is 55.5 Å². The summed E-state index contributed by atoms with van der Waals surface area (Å²) in [6.45, 7) is 1.45. The molecule has 0 aliphatic rings. The zero-order valence-electron chi connectivity index (χ0n) is 13.0. The van der Waals surface area contributed by atoms with Crippen molar-refractivity contribution in [2.45, 2.75) is 18.2 Å². The first-order valence-corrected chi connectivity index (χ1v) is 9.20. The summed E-state index contributed by atoms with van der Waals surface area (Å²) in [4.78, 5) is 23.2. The van der Waals surface area contributed by atoms with Crippen molar-refractivity contribution in [3.8, 4) is 0 Å². The Morgan fingerprint density at radius 2 is 1.58 bits per heavy atom. The van der Waals surface area contributed by atoms with Crippen LogP contribution in [0.3, 0.4) is 0 Å². The molecular weight excluding hydrogens is 350 g/mol. The largest absolute Gasteiger partial charge is 0.326 e. The average molecular weight is 366 g/mol. The van der Waals surface area contributed by atoms with Gasteiger partial charge in [0.05, 0.1) is 10.6 Å². The average Bonchev–Trinajstić information content (AvgIpc) is 2.54. The highest BCUT2D eigenvalue weighted by Gasteiger charge is 2.16. The molecule has 0 spiro atoms. The summed E-state index contributed by atoms with van der Waals surface area (Å²) >= 11 is 5.73. The van der Waals surface area contributed by atoms with Gasteiger partial charge in [0.25, 0.3) is 0 Å². The standard InChI is InChI=1S/C17H16ClNO4S/c1-12(20)13-2-6-15(7-3-13)19-17(21)10-11-24(22,23)16-8-4-14(18)5-9-16/h2-9H,10-11H2,1H3,(H,19,21). The Kier molecular flexibility index (Phi) is 5.75. The molecule has 0 heterocycles. The highest BCUT2D eigenvalue weighted by atomic mass is 35.5. The number of amides is 1. The van der Waals surface area contributed by atoms with E-state index >= 15 is 0 Å². The predicted molar refractivity (Wildman–Crippen MR) is 93.2 cm³/mol. The van der Waals surface area contributed by atoms with Crippen molar-refractivity contribution < 1.29 is 18.0 Å². The Morgan fingerprint density at radius 3 is 2.12 bits per heavy atom. The van der Waals surface area contributed by atoms with Gasteiger partial charge in [0.2, 0.25) is 5.91 Å². The number of rotatable bonds is 6. The number of sulfone groups is 1. The van der Waals surface area contributed by atoms with Gasteiger partial charge in [-0.2, -0.15) is 0 Å². The molecule has 2 aromatic carbocycles. The first-order chi connectivity index (χ1) is 11.3. The van der Waals surface area contributed by atoms with Gasteiger partial charge in [-0.15, -0.1) is 0 Å². The summed E-state index contributed by atoms with van der Waals surface area (Å²) in [5.74, 6) is -0.781. The van der Waals surface area contributed by atoms with Crippen LogP contribution >= 0.6 is 11.6 Å². The molecule has 1 N–H and O–H groups in total. The van der Waals surface area contributed by atoms with Crippen LogP contribution < -0.4 is 5.32 Å². The molecule has 0 aliphatic heterocycles. The highest BCUT2D eigenvalue weighted by molar-refractivity contribution is 7.91. The molecule has 0 radical (unpaired) electrons. The molecule has 7 heteroatoms. The first kappa shape index (κ1) is 18.2. The van der Waals surface area contributed by atoms with E-state index in [2.05, 4.69) is 5.32 Å². The van der Waals surface area contributed by atoms with Crippen LogP contribution in [0.2, 0.25) is 5.02 Å². The van der Waals surface area contributed by atoms with E-state index in [1.807, 2.05) is 0 Å². The molecule has 0 unspecified atom stereocenters. The quantitative estimate of drug-likeness (QED) is 0.796. The van der Waals surface area contributed by atoms with E-state index in [0.717, 1.165) is 0 Å².